The molecule has 0 spiro atoms. The molecule has 4 nitrogen and oxygen atoms in total. The van der Waals surface area contributed by atoms with Crippen LogP contribution in [0.25, 0.3) is 0 Å². The third kappa shape index (κ3) is 4.68. The molecule has 1 atom stereocenters. The van der Waals surface area contributed by atoms with E-state index < -0.39 is 23.8 Å². The van der Waals surface area contributed by atoms with Gasteiger partial charge in [0.2, 0.25) is 0 Å². The third-order valence-electron chi connectivity index (χ3n) is 2.92. The van der Waals surface area contributed by atoms with Gasteiger partial charge in [-0.15, -0.1) is 0 Å². The molecule has 2 aromatic rings. The van der Waals surface area contributed by atoms with Crippen LogP contribution in [0, 0.1) is 5.82 Å². The summed E-state index contributed by atoms with van der Waals surface area (Å²) in [6.45, 7) is 1.41. The zero-order valence-electron chi connectivity index (χ0n) is 12.0. The maximum Gasteiger partial charge on any atom is 0.338 e. The number of hydrogen-bond acceptors (Lipinski definition) is 3. The van der Waals surface area contributed by atoms with Gasteiger partial charge in [-0.2, -0.15) is 0 Å². The number of nitrogens with one attached hydrogen (secondary N) is 1. The topological polar surface area (TPSA) is 55.4 Å². The second-order valence-corrected chi connectivity index (χ2v) is 5.51. The minimum atomic E-state index is -1.07. The van der Waals surface area contributed by atoms with Crippen LogP contribution in [0.5, 0.6) is 0 Å². The Morgan fingerprint density at radius 2 is 1.78 bits per heavy atom. The first-order valence-corrected chi connectivity index (χ1v) is 7.35. The van der Waals surface area contributed by atoms with Crippen molar-refractivity contribution in [3.05, 3.63) is 63.9 Å². The monoisotopic (exact) mass is 355 g/mol. The molecule has 1 N–H and O–H groups in total. The average Bonchev–Trinajstić information content (AvgIpc) is 2.51. The van der Waals surface area contributed by atoms with Crippen molar-refractivity contribution >= 4 is 40.8 Å². The van der Waals surface area contributed by atoms with E-state index in [9.17, 15) is 14.0 Å². The van der Waals surface area contributed by atoms with Crippen molar-refractivity contribution in [3.63, 3.8) is 0 Å². The maximum absolute atomic E-state index is 12.8. The van der Waals surface area contributed by atoms with E-state index in [2.05, 4.69) is 5.32 Å². The Morgan fingerprint density at radius 1 is 1.13 bits per heavy atom. The summed E-state index contributed by atoms with van der Waals surface area (Å²) in [6, 6.07) is 9.41. The summed E-state index contributed by atoms with van der Waals surface area (Å²) in [7, 11) is 0. The molecule has 0 aliphatic carbocycles. The molecular weight excluding hydrogens is 344 g/mol. The van der Waals surface area contributed by atoms with Gasteiger partial charge in [0.15, 0.2) is 6.10 Å². The fraction of sp³-hybridized carbons (Fsp3) is 0.125. The van der Waals surface area contributed by atoms with Crippen LogP contribution >= 0.6 is 23.2 Å². The Hall–Kier alpha value is -2.11. The molecule has 0 radical (unpaired) electrons. The number of anilines is 1. The van der Waals surface area contributed by atoms with E-state index in [1.807, 2.05) is 0 Å². The van der Waals surface area contributed by atoms with E-state index in [1.54, 1.807) is 6.07 Å². The summed E-state index contributed by atoms with van der Waals surface area (Å²) >= 11 is 11.8. The molecule has 1 amide bonds. The van der Waals surface area contributed by atoms with Gasteiger partial charge in [0.25, 0.3) is 5.91 Å². The summed E-state index contributed by atoms with van der Waals surface area (Å²) in [4.78, 5) is 23.9. The highest BCUT2D eigenvalue weighted by molar-refractivity contribution is 6.35. The number of esters is 1. The lowest BCUT2D eigenvalue weighted by molar-refractivity contribution is -0.123. The SMILES string of the molecule is C[C@@H](OC(=O)c1ccc(F)cc1)C(=O)Nc1cc(Cl)ccc1Cl. The molecule has 0 aromatic heterocycles. The lowest BCUT2D eigenvalue weighted by Crippen LogP contribution is -2.30. The summed E-state index contributed by atoms with van der Waals surface area (Å²) in [5, 5.41) is 3.23. The highest BCUT2D eigenvalue weighted by Gasteiger charge is 2.20. The number of carbonyl (C=O) groups excluding carboxylic acids is 2. The van der Waals surface area contributed by atoms with Crippen LogP contribution in [0.3, 0.4) is 0 Å². The van der Waals surface area contributed by atoms with Crippen molar-refractivity contribution in [3.8, 4) is 0 Å². The van der Waals surface area contributed by atoms with Gasteiger partial charge in [-0.1, -0.05) is 23.2 Å². The van der Waals surface area contributed by atoms with E-state index >= 15 is 0 Å². The first-order valence-electron chi connectivity index (χ1n) is 6.59. The Bertz CT molecular complexity index is 735. The molecule has 0 saturated heterocycles. The second-order valence-electron chi connectivity index (χ2n) is 4.67. The van der Waals surface area contributed by atoms with Crippen LogP contribution in [0.2, 0.25) is 10.0 Å². The van der Waals surface area contributed by atoms with Gasteiger partial charge in [-0.25, -0.2) is 9.18 Å². The quantitative estimate of drug-likeness (QED) is 0.831. The molecule has 0 saturated carbocycles. The molecule has 2 aromatic carbocycles. The van der Waals surface area contributed by atoms with Crippen molar-refractivity contribution in [1.29, 1.82) is 0 Å². The van der Waals surface area contributed by atoms with E-state index in [0.717, 1.165) is 12.1 Å². The molecular formula is C16H12Cl2FNO3. The number of rotatable bonds is 4. The van der Waals surface area contributed by atoms with E-state index in [1.165, 1.54) is 31.2 Å². The summed E-state index contributed by atoms with van der Waals surface area (Å²) in [6.07, 6.45) is -1.07. The highest BCUT2D eigenvalue weighted by Crippen LogP contribution is 2.25. The molecule has 0 aliphatic heterocycles. The molecule has 2 rings (SSSR count). The minimum absolute atomic E-state index is 0.145. The normalized spacial score (nSPS) is 11.7. The third-order valence-corrected chi connectivity index (χ3v) is 3.48. The molecule has 0 aliphatic rings. The van der Waals surface area contributed by atoms with E-state index in [0.29, 0.717) is 15.7 Å². The molecule has 7 heteroatoms. The van der Waals surface area contributed by atoms with Gasteiger partial charge in [0, 0.05) is 5.02 Å². The van der Waals surface area contributed by atoms with Crippen molar-refractivity contribution < 1.29 is 18.7 Å². The van der Waals surface area contributed by atoms with Crippen LogP contribution in [-0.2, 0) is 9.53 Å². The fourth-order valence-electron chi connectivity index (χ4n) is 1.70. The van der Waals surface area contributed by atoms with Crippen LogP contribution in [0.15, 0.2) is 42.5 Å². The standard InChI is InChI=1S/C16H12Cl2FNO3/c1-9(23-16(22)10-2-5-12(19)6-3-10)15(21)20-14-8-11(17)4-7-13(14)18/h2-9H,1H3,(H,20,21)/t9-/m1/s1. The molecule has 0 unspecified atom stereocenters. The first kappa shape index (κ1) is 17.2. The van der Waals surface area contributed by atoms with Gasteiger partial charge in [-0.05, 0) is 49.4 Å². The number of carbonyl (C=O) groups is 2. The van der Waals surface area contributed by atoms with Crippen molar-refractivity contribution in [2.45, 2.75) is 13.0 Å². The summed E-state index contributed by atoms with van der Waals surface area (Å²) < 4.78 is 17.8. The number of amides is 1. The number of benzene rings is 2. The van der Waals surface area contributed by atoms with Crippen LogP contribution in [0.4, 0.5) is 10.1 Å². The lowest BCUT2D eigenvalue weighted by atomic mass is 10.2. The van der Waals surface area contributed by atoms with Gasteiger partial charge in [0.05, 0.1) is 16.3 Å². The molecule has 0 heterocycles. The first-order chi connectivity index (χ1) is 10.9. The zero-order valence-corrected chi connectivity index (χ0v) is 13.5. The lowest BCUT2D eigenvalue weighted by Gasteiger charge is -2.14. The van der Waals surface area contributed by atoms with Crippen molar-refractivity contribution in [1.82, 2.24) is 0 Å². The number of halogens is 3. The molecule has 0 fully saturated rings. The molecule has 0 bridgehead atoms. The summed E-state index contributed by atoms with van der Waals surface area (Å²) in [5.74, 6) is -1.77. The predicted molar refractivity (Wildman–Crippen MR) is 86.4 cm³/mol. The van der Waals surface area contributed by atoms with Gasteiger partial charge in [-0.3, -0.25) is 4.79 Å². The van der Waals surface area contributed by atoms with Gasteiger partial charge in [0.1, 0.15) is 5.82 Å². The molecule has 120 valence electrons. The fourth-order valence-corrected chi connectivity index (χ4v) is 2.03. The minimum Gasteiger partial charge on any atom is -0.449 e. The maximum atomic E-state index is 12.8. The Kier molecular flexibility index (Phi) is 5.58. The van der Waals surface area contributed by atoms with E-state index in [-0.39, 0.29) is 5.56 Å². The average molecular weight is 356 g/mol. The van der Waals surface area contributed by atoms with Crippen LogP contribution in [-0.4, -0.2) is 18.0 Å². The van der Waals surface area contributed by atoms with Gasteiger partial charge >= 0.3 is 5.97 Å². The van der Waals surface area contributed by atoms with Crippen LogP contribution < -0.4 is 5.32 Å². The largest absolute Gasteiger partial charge is 0.449 e. The Morgan fingerprint density at radius 3 is 2.43 bits per heavy atom. The highest BCUT2D eigenvalue weighted by atomic mass is 35.5. The number of hydrogen-bond donors (Lipinski definition) is 1. The second kappa shape index (κ2) is 7.44. The van der Waals surface area contributed by atoms with Crippen molar-refractivity contribution in [2.75, 3.05) is 5.32 Å². The van der Waals surface area contributed by atoms with E-state index in [4.69, 9.17) is 27.9 Å². The van der Waals surface area contributed by atoms with Crippen molar-refractivity contribution in [2.24, 2.45) is 0 Å². The van der Waals surface area contributed by atoms with Crippen LogP contribution in [0.1, 0.15) is 17.3 Å². The zero-order chi connectivity index (χ0) is 17.0. The molecule has 23 heavy (non-hydrogen) atoms. The predicted octanol–water partition coefficient (Wildman–Crippen LogP) is 4.32. The van der Waals surface area contributed by atoms with Gasteiger partial charge < -0.3 is 10.1 Å². The number of ether oxygens (including phenoxy) is 1. The Labute approximate surface area is 142 Å². The Balaban J connectivity index is 2.01. The smallest absolute Gasteiger partial charge is 0.338 e. The summed E-state index contributed by atoms with van der Waals surface area (Å²) in [5.41, 5.74) is 0.459.